The summed E-state index contributed by atoms with van der Waals surface area (Å²) in [5.41, 5.74) is 0. The molecule has 19 heavy (non-hydrogen) atoms. The smallest absolute Gasteiger partial charge is 0.0391 e. The van der Waals surface area contributed by atoms with Gasteiger partial charge in [0.1, 0.15) is 0 Å². The normalized spacial score (nSPS) is 15.5. The molecule has 2 unspecified atom stereocenters. The van der Waals surface area contributed by atoms with Gasteiger partial charge in [-0.2, -0.15) is 0 Å². The highest BCUT2D eigenvalue weighted by atomic mass is 35.5. The topological polar surface area (TPSA) is 0 Å². The molecular weight excluding hydrogens is 322 g/mol. The van der Waals surface area contributed by atoms with E-state index in [1.807, 2.05) is 13.8 Å². The van der Waals surface area contributed by atoms with E-state index in [2.05, 4.69) is 0 Å². The summed E-state index contributed by atoms with van der Waals surface area (Å²) in [6.45, 7) is 4.06. The quantitative estimate of drug-likeness (QED) is 0.263. The average Bonchev–Trinajstić information content (AvgIpc) is 2.32. The van der Waals surface area contributed by atoms with Gasteiger partial charge in [-0.1, -0.05) is 19.3 Å². The zero-order valence-electron chi connectivity index (χ0n) is 12.2. The Balaban J connectivity index is 3.47. The van der Waals surface area contributed by atoms with Gasteiger partial charge in [0.15, 0.2) is 0 Å². The molecule has 0 heterocycles. The first-order valence-corrected chi connectivity index (χ1v) is 9.16. The number of alkyl halides is 4. The van der Waals surface area contributed by atoms with Crippen molar-refractivity contribution in [2.45, 2.75) is 87.3 Å². The Bertz CT molecular complexity index is 201. The van der Waals surface area contributed by atoms with E-state index in [1.165, 1.54) is 19.3 Å². The van der Waals surface area contributed by atoms with Crippen molar-refractivity contribution in [1.82, 2.24) is 0 Å². The van der Waals surface area contributed by atoms with E-state index in [1.54, 1.807) is 0 Å². The molecule has 0 aromatic rings. The van der Waals surface area contributed by atoms with Gasteiger partial charge >= 0.3 is 0 Å². The molecule has 116 valence electrons. The minimum absolute atomic E-state index is 0.143. The highest BCUT2D eigenvalue weighted by molar-refractivity contribution is 6.23. The molecule has 0 radical (unpaired) electrons. The molecule has 0 amide bonds. The van der Waals surface area contributed by atoms with E-state index in [4.69, 9.17) is 46.4 Å². The van der Waals surface area contributed by atoms with Gasteiger partial charge in [-0.15, -0.1) is 46.4 Å². The lowest BCUT2D eigenvalue weighted by molar-refractivity contribution is 0.530. The van der Waals surface area contributed by atoms with Gasteiger partial charge in [-0.25, -0.2) is 0 Å². The van der Waals surface area contributed by atoms with Crippen LogP contribution in [0.25, 0.3) is 0 Å². The largest absolute Gasteiger partial charge is 0.127 e. The third kappa shape index (κ3) is 15.4. The van der Waals surface area contributed by atoms with Crippen LogP contribution in [-0.2, 0) is 0 Å². The van der Waals surface area contributed by atoms with Gasteiger partial charge in [0.05, 0.1) is 0 Å². The van der Waals surface area contributed by atoms with Gasteiger partial charge in [0, 0.05) is 21.5 Å². The van der Waals surface area contributed by atoms with Gasteiger partial charge in [-0.05, 0) is 52.4 Å². The molecule has 0 aromatic heterocycles. The van der Waals surface area contributed by atoms with Crippen LogP contribution in [0.3, 0.4) is 0 Å². The molecular formula is C15H28Cl4. The Labute approximate surface area is 139 Å². The van der Waals surface area contributed by atoms with E-state index >= 15 is 0 Å². The summed E-state index contributed by atoms with van der Waals surface area (Å²) in [7, 11) is 0. The Morgan fingerprint density at radius 2 is 1.32 bits per heavy atom. The summed E-state index contributed by atoms with van der Waals surface area (Å²) >= 11 is 24.4. The molecule has 2 atom stereocenters. The number of hydrogen-bond acceptors (Lipinski definition) is 0. The first-order valence-electron chi connectivity index (χ1n) is 7.38. The molecule has 0 aliphatic heterocycles. The maximum Gasteiger partial charge on any atom is 0.0391 e. The van der Waals surface area contributed by atoms with Crippen molar-refractivity contribution in [3.63, 3.8) is 0 Å². The predicted molar refractivity (Wildman–Crippen MR) is 91.5 cm³/mol. The molecule has 4 heteroatoms. The SMILES string of the molecule is CC(C)(Cl)CCC(Cl)CCC(Cl)CCCCCCCl. The van der Waals surface area contributed by atoms with Crippen LogP contribution in [0.2, 0.25) is 0 Å². The van der Waals surface area contributed by atoms with Crippen LogP contribution in [0.15, 0.2) is 0 Å². The van der Waals surface area contributed by atoms with E-state index in [9.17, 15) is 0 Å². The van der Waals surface area contributed by atoms with Gasteiger partial charge < -0.3 is 0 Å². The number of unbranched alkanes of at least 4 members (excludes halogenated alkanes) is 3. The molecule has 0 saturated heterocycles. The molecule has 0 fully saturated rings. The molecule has 0 nitrogen and oxygen atoms in total. The second kappa shape index (κ2) is 11.8. The van der Waals surface area contributed by atoms with Crippen molar-refractivity contribution >= 4 is 46.4 Å². The van der Waals surface area contributed by atoms with Crippen molar-refractivity contribution in [3.05, 3.63) is 0 Å². The van der Waals surface area contributed by atoms with Crippen LogP contribution >= 0.6 is 46.4 Å². The number of halogens is 4. The van der Waals surface area contributed by atoms with E-state index in [-0.39, 0.29) is 15.6 Å². The van der Waals surface area contributed by atoms with Crippen molar-refractivity contribution in [2.75, 3.05) is 5.88 Å². The van der Waals surface area contributed by atoms with Gasteiger partial charge in [0.2, 0.25) is 0 Å². The van der Waals surface area contributed by atoms with Crippen LogP contribution in [0.5, 0.6) is 0 Å². The fraction of sp³-hybridized carbons (Fsp3) is 1.00. The van der Waals surface area contributed by atoms with Crippen LogP contribution in [0.1, 0.15) is 71.6 Å². The molecule has 0 spiro atoms. The molecule has 0 N–H and O–H groups in total. The molecule has 0 aliphatic carbocycles. The van der Waals surface area contributed by atoms with Crippen molar-refractivity contribution in [3.8, 4) is 0 Å². The lowest BCUT2D eigenvalue weighted by Gasteiger charge is -2.18. The van der Waals surface area contributed by atoms with Crippen LogP contribution < -0.4 is 0 Å². The Morgan fingerprint density at radius 3 is 1.84 bits per heavy atom. The average molecular weight is 350 g/mol. The van der Waals surface area contributed by atoms with Crippen LogP contribution in [0, 0.1) is 0 Å². The summed E-state index contributed by atoms with van der Waals surface area (Å²) in [6.07, 6.45) is 9.79. The minimum atomic E-state index is -0.143. The zero-order chi connectivity index (χ0) is 14.7. The van der Waals surface area contributed by atoms with Gasteiger partial charge in [0.25, 0.3) is 0 Å². The number of hydrogen-bond donors (Lipinski definition) is 0. The van der Waals surface area contributed by atoms with Crippen LogP contribution in [0.4, 0.5) is 0 Å². The van der Waals surface area contributed by atoms with Crippen molar-refractivity contribution in [2.24, 2.45) is 0 Å². The Kier molecular flexibility index (Phi) is 12.5. The van der Waals surface area contributed by atoms with Crippen molar-refractivity contribution in [1.29, 1.82) is 0 Å². The maximum atomic E-state index is 6.32. The molecule has 0 aliphatic rings. The van der Waals surface area contributed by atoms with E-state index in [0.29, 0.717) is 0 Å². The third-order valence-corrected chi connectivity index (χ3v) is 4.58. The monoisotopic (exact) mass is 348 g/mol. The maximum absolute atomic E-state index is 6.32. The highest BCUT2D eigenvalue weighted by Crippen LogP contribution is 2.25. The lowest BCUT2D eigenvalue weighted by atomic mass is 10.0. The summed E-state index contributed by atoms with van der Waals surface area (Å²) in [5.74, 6) is 0.773. The second-order valence-electron chi connectivity index (χ2n) is 5.92. The lowest BCUT2D eigenvalue weighted by Crippen LogP contribution is -2.13. The number of rotatable bonds is 12. The minimum Gasteiger partial charge on any atom is -0.127 e. The van der Waals surface area contributed by atoms with Gasteiger partial charge in [-0.3, -0.25) is 0 Å². The molecule has 0 rings (SSSR count). The fourth-order valence-electron chi connectivity index (χ4n) is 1.96. The Morgan fingerprint density at radius 1 is 0.789 bits per heavy atom. The van der Waals surface area contributed by atoms with E-state index in [0.717, 1.165) is 44.4 Å². The van der Waals surface area contributed by atoms with Crippen LogP contribution in [-0.4, -0.2) is 21.5 Å². The zero-order valence-corrected chi connectivity index (χ0v) is 15.3. The summed E-state index contributed by atoms with van der Waals surface area (Å²) in [6, 6.07) is 0. The highest BCUT2D eigenvalue weighted by Gasteiger charge is 2.16. The summed E-state index contributed by atoms with van der Waals surface area (Å²) < 4.78 is 0. The molecule has 0 bridgehead atoms. The standard InChI is InChI=1S/C15H28Cl4/c1-15(2,19)11-10-14(18)9-8-13(17)7-5-3-4-6-12-16/h13-14H,3-12H2,1-2H3. The first kappa shape index (κ1) is 20.2. The molecule has 0 aromatic carbocycles. The second-order valence-corrected chi connectivity index (χ2v) is 8.56. The third-order valence-electron chi connectivity index (χ3n) is 3.25. The molecule has 0 saturated carbocycles. The summed E-state index contributed by atoms with van der Waals surface area (Å²) in [4.78, 5) is -0.143. The predicted octanol–water partition coefficient (Wildman–Crippen LogP) is 6.97. The van der Waals surface area contributed by atoms with E-state index < -0.39 is 0 Å². The van der Waals surface area contributed by atoms with Crippen molar-refractivity contribution < 1.29 is 0 Å². The first-order chi connectivity index (χ1) is 8.85. The summed E-state index contributed by atoms with van der Waals surface area (Å²) in [5, 5.41) is 0.469. The fourth-order valence-corrected chi connectivity index (χ4v) is 2.78. The Hall–Kier alpha value is 1.16.